The van der Waals surface area contributed by atoms with Crippen molar-refractivity contribution >= 4 is 17.4 Å². The molecule has 0 saturated carbocycles. The number of halogens is 1. The zero-order valence-corrected chi connectivity index (χ0v) is 9.11. The van der Waals surface area contributed by atoms with Gasteiger partial charge < -0.3 is 14.7 Å². The second-order valence-electron chi connectivity index (χ2n) is 3.47. The minimum atomic E-state index is 0.0492. The van der Waals surface area contributed by atoms with Crippen molar-refractivity contribution < 1.29 is 9.84 Å². The van der Waals surface area contributed by atoms with Crippen LogP contribution in [0.3, 0.4) is 0 Å². The van der Waals surface area contributed by atoms with Gasteiger partial charge in [0.05, 0.1) is 25.5 Å². The van der Waals surface area contributed by atoms with Gasteiger partial charge in [0.25, 0.3) is 0 Å². The SMILES string of the molecule is C[C@@H]1COCCN1c1nc(Cl)ncc1O. The quantitative estimate of drug-likeness (QED) is 0.730. The van der Waals surface area contributed by atoms with Crippen LogP contribution in [-0.4, -0.2) is 40.9 Å². The Morgan fingerprint density at radius 2 is 2.47 bits per heavy atom. The molecule has 1 atom stereocenters. The maximum Gasteiger partial charge on any atom is 0.224 e. The first-order valence-electron chi connectivity index (χ1n) is 4.74. The van der Waals surface area contributed by atoms with Crippen LogP contribution >= 0.6 is 11.6 Å². The number of morpholine rings is 1. The van der Waals surface area contributed by atoms with Gasteiger partial charge in [-0.25, -0.2) is 4.98 Å². The van der Waals surface area contributed by atoms with Crippen LogP contribution in [0.5, 0.6) is 5.75 Å². The van der Waals surface area contributed by atoms with Gasteiger partial charge in [0.15, 0.2) is 11.6 Å². The molecular weight excluding hydrogens is 218 g/mol. The van der Waals surface area contributed by atoms with E-state index in [-0.39, 0.29) is 17.1 Å². The zero-order valence-electron chi connectivity index (χ0n) is 8.35. The topological polar surface area (TPSA) is 58.5 Å². The van der Waals surface area contributed by atoms with Crippen molar-refractivity contribution in [1.29, 1.82) is 0 Å². The smallest absolute Gasteiger partial charge is 0.224 e. The van der Waals surface area contributed by atoms with Gasteiger partial charge in [0, 0.05) is 6.54 Å². The first-order chi connectivity index (χ1) is 7.18. The van der Waals surface area contributed by atoms with Crippen LogP contribution in [0.2, 0.25) is 5.28 Å². The summed E-state index contributed by atoms with van der Waals surface area (Å²) < 4.78 is 5.30. The van der Waals surface area contributed by atoms with Crippen molar-refractivity contribution in [3.63, 3.8) is 0 Å². The lowest BCUT2D eigenvalue weighted by Crippen LogP contribution is -2.44. The van der Waals surface area contributed by atoms with E-state index in [9.17, 15) is 5.11 Å². The van der Waals surface area contributed by atoms with E-state index in [4.69, 9.17) is 16.3 Å². The third kappa shape index (κ3) is 2.13. The Balaban J connectivity index is 2.30. The van der Waals surface area contributed by atoms with E-state index in [1.807, 2.05) is 11.8 Å². The molecule has 82 valence electrons. The molecule has 0 amide bonds. The van der Waals surface area contributed by atoms with Crippen molar-refractivity contribution in [2.75, 3.05) is 24.7 Å². The number of hydrogen-bond acceptors (Lipinski definition) is 5. The molecule has 0 spiro atoms. The highest BCUT2D eigenvalue weighted by molar-refractivity contribution is 6.28. The van der Waals surface area contributed by atoms with Gasteiger partial charge in [0.1, 0.15) is 0 Å². The summed E-state index contributed by atoms with van der Waals surface area (Å²) in [6.07, 6.45) is 1.31. The van der Waals surface area contributed by atoms with Crippen LogP contribution in [0.1, 0.15) is 6.92 Å². The van der Waals surface area contributed by atoms with Crippen LogP contribution in [-0.2, 0) is 4.74 Å². The molecule has 1 fully saturated rings. The molecule has 2 rings (SSSR count). The van der Waals surface area contributed by atoms with E-state index in [1.54, 1.807) is 0 Å². The largest absolute Gasteiger partial charge is 0.503 e. The van der Waals surface area contributed by atoms with Crippen molar-refractivity contribution in [3.8, 4) is 5.75 Å². The molecule has 1 saturated heterocycles. The molecule has 6 heteroatoms. The number of rotatable bonds is 1. The monoisotopic (exact) mass is 229 g/mol. The number of aromatic hydroxyl groups is 1. The second-order valence-corrected chi connectivity index (χ2v) is 3.80. The molecule has 0 unspecified atom stereocenters. The Morgan fingerprint density at radius 1 is 1.67 bits per heavy atom. The molecule has 1 aliphatic rings. The van der Waals surface area contributed by atoms with Crippen LogP contribution in [0, 0.1) is 0 Å². The number of anilines is 1. The van der Waals surface area contributed by atoms with E-state index < -0.39 is 0 Å². The Kier molecular flexibility index (Phi) is 2.93. The lowest BCUT2D eigenvalue weighted by atomic mass is 10.2. The Bertz CT molecular complexity index is 361. The van der Waals surface area contributed by atoms with E-state index in [2.05, 4.69) is 9.97 Å². The average Bonchev–Trinajstić information content (AvgIpc) is 2.23. The molecule has 2 heterocycles. The summed E-state index contributed by atoms with van der Waals surface area (Å²) in [6, 6.07) is 0.176. The minimum absolute atomic E-state index is 0.0492. The fraction of sp³-hybridized carbons (Fsp3) is 0.556. The van der Waals surface area contributed by atoms with Gasteiger partial charge in [-0.15, -0.1) is 0 Å². The lowest BCUT2D eigenvalue weighted by Gasteiger charge is -2.34. The molecule has 1 aromatic heterocycles. The van der Waals surface area contributed by atoms with Crippen molar-refractivity contribution in [2.45, 2.75) is 13.0 Å². The van der Waals surface area contributed by atoms with Crippen molar-refractivity contribution in [2.24, 2.45) is 0 Å². The van der Waals surface area contributed by atoms with Crippen LogP contribution in [0.15, 0.2) is 6.20 Å². The van der Waals surface area contributed by atoms with Crippen molar-refractivity contribution in [3.05, 3.63) is 11.5 Å². The third-order valence-corrected chi connectivity index (χ3v) is 2.54. The maximum atomic E-state index is 9.64. The predicted octanol–water partition coefficient (Wildman–Crippen LogP) is 1.06. The summed E-state index contributed by atoms with van der Waals surface area (Å²) in [5.41, 5.74) is 0. The maximum absolute atomic E-state index is 9.64. The van der Waals surface area contributed by atoms with Gasteiger partial charge >= 0.3 is 0 Å². The van der Waals surface area contributed by atoms with Gasteiger partial charge in [-0.05, 0) is 18.5 Å². The van der Waals surface area contributed by atoms with Crippen LogP contribution in [0.4, 0.5) is 5.82 Å². The predicted molar refractivity (Wildman–Crippen MR) is 56.3 cm³/mol. The molecule has 0 aliphatic carbocycles. The van der Waals surface area contributed by atoms with Gasteiger partial charge in [-0.1, -0.05) is 0 Å². The fourth-order valence-corrected chi connectivity index (χ4v) is 1.73. The minimum Gasteiger partial charge on any atom is -0.503 e. The summed E-state index contributed by atoms with van der Waals surface area (Å²) in [4.78, 5) is 9.69. The van der Waals surface area contributed by atoms with Crippen molar-refractivity contribution in [1.82, 2.24) is 9.97 Å². The molecule has 1 aromatic rings. The van der Waals surface area contributed by atoms with Crippen LogP contribution in [0.25, 0.3) is 0 Å². The van der Waals surface area contributed by atoms with Gasteiger partial charge in [-0.2, -0.15) is 4.98 Å². The highest BCUT2D eigenvalue weighted by Crippen LogP contribution is 2.27. The Morgan fingerprint density at radius 3 is 3.20 bits per heavy atom. The third-order valence-electron chi connectivity index (χ3n) is 2.36. The summed E-state index contributed by atoms with van der Waals surface area (Å²) in [5, 5.41) is 9.78. The van der Waals surface area contributed by atoms with Gasteiger partial charge in [-0.3, -0.25) is 0 Å². The molecule has 0 aromatic carbocycles. The molecule has 1 aliphatic heterocycles. The number of ether oxygens (including phenoxy) is 1. The molecule has 0 radical (unpaired) electrons. The lowest BCUT2D eigenvalue weighted by molar-refractivity contribution is 0.0982. The number of hydrogen-bond donors (Lipinski definition) is 1. The summed E-state index contributed by atoms with van der Waals surface area (Å²) in [7, 11) is 0. The van der Waals surface area contributed by atoms with E-state index in [1.165, 1.54) is 6.20 Å². The summed E-state index contributed by atoms with van der Waals surface area (Å²) in [6.45, 7) is 3.96. The first-order valence-corrected chi connectivity index (χ1v) is 5.12. The molecule has 1 N–H and O–H groups in total. The number of aromatic nitrogens is 2. The van der Waals surface area contributed by atoms with E-state index in [0.717, 1.165) is 0 Å². The van der Waals surface area contributed by atoms with E-state index in [0.29, 0.717) is 25.6 Å². The molecule has 0 bridgehead atoms. The van der Waals surface area contributed by atoms with Gasteiger partial charge in [0.2, 0.25) is 5.28 Å². The standard InChI is InChI=1S/C9H12ClN3O2/c1-6-5-15-3-2-13(6)8-7(14)4-11-9(10)12-8/h4,6,14H,2-3,5H2,1H3/t6-/m1/s1. The average molecular weight is 230 g/mol. The Labute approximate surface area is 92.7 Å². The highest BCUT2D eigenvalue weighted by Gasteiger charge is 2.23. The summed E-state index contributed by atoms with van der Waals surface area (Å²) in [5.74, 6) is 0.527. The molecule has 5 nitrogen and oxygen atoms in total. The molecular formula is C9H12ClN3O2. The normalized spacial score (nSPS) is 21.7. The first kappa shape index (κ1) is 10.4. The van der Waals surface area contributed by atoms with E-state index >= 15 is 0 Å². The summed E-state index contributed by atoms with van der Waals surface area (Å²) >= 11 is 5.69. The zero-order chi connectivity index (χ0) is 10.8. The Hall–Kier alpha value is -1.07. The fourth-order valence-electron chi connectivity index (χ4n) is 1.60. The highest BCUT2D eigenvalue weighted by atomic mass is 35.5. The molecule has 15 heavy (non-hydrogen) atoms. The van der Waals surface area contributed by atoms with Crippen LogP contribution < -0.4 is 4.90 Å². The second kappa shape index (κ2) is 4.20. The number of nitrogens with zero attached hydrogens (tertiary/aromatic N) is 3.